The first-order valence-electron chi connectivity index (χ1n) is 12.4. The average Bonchev–Trinajstić information content (AvgIpc) is 3.12. The molecule has 7 nitrogen and oxygen atoms in total. The number of aliphatic carboxylic acids is 1. The highest BCUT2D eigenvalue weighted by molar-refractivity contribution is 5.82. The van der Waals surface area contributed by atoms with Gasteiger partial charge in [-0.3, -0.25) is 9.59 Å². The molecule has 0 heterocycles. The number of nitrogens with one attached hydrogen (secondary N) is 2. The maximum Gasteiger partial charge on any atom is 0.407 e. The molecule has 0 spiro atoms. The summed E-state index contributed by atoms with van der Waals surface area (Å²) in [5.41, 5.74) is 3.90. The largest absolute Gasteiger partial charge is 0.481 e. The highest BCUT2D eigenvalue weighted by atomic mass is 16.5. The van der Waals surface area contributed by atoms with Gasteiger partial charge in [0.25, 0.3) is 0 Å². The van der Waals surface area contributed by atoms with Crippen molar-refractivity contribution < 1.29 is 24.2 Å². The van der Waals surface area contributed by atoms with Crippen molar-refractivity contribution in [3.05, 3.63) is 59.7 Å². The van der Waals surface area contributed by atoms with Crippen LogP contribution in [0.25, 0.3) is 11.1 Å². The fourth-order valence-corrected chi connectivity index (χ4v) is 4.98. The van der Waals surface area contributed by atoms with E-state index in [9.17, 15) is 19.5 Å². The summed E-state index contributed by atoms with van der Waals surface area (Å²) in [6, 6.07) is 16.3. The van der Waals surface area contributed by atoms with Crippen LogP contribution < -0.4 is 10.6 Å². The molecule has 2 aromatic rings. The van der Waals surface area contributed by atoms with Crippen LogP contribution >= 0.6 is 0 Å². The molecule has 7 heteroatoms. The molecule has 1 fully saturated rings. The first kappa shape index (κ1) is 24.8. The van der Waals surface area contributed by atoms with Gasteiger partial charge in [-0.15, -0.1) is 0 Å². The molecule has 186 valence electrons. The summed E-state index contributed by atoms with van der Waals surface area (Å²) in [6.07, 6.45) is 2.75. The van der Waals surface area contributed by atoms with Crippen LogP contribution in [0.3, 0.4) is 0 Å². The zero-order chi connectivity index (χ0) is 25.0. The van der Waals surface area contributed by atoms with Gasteiger partial charge in [-0.25, -0.2) is 4.79 Å². The number of hydrogen-bond acceptors (Lipinski definition) is 4. The van der Waals surface area contributed by atoms with E-state index < -0.39 is 23.4 Å². The SMILES string of the molecule is CC(C)(CCNC(=O)OCC1c2ccccc2-c2ccccc21)C(=O)NCC(C(=O)O)C1CCC1. The Balaban J connectivity index is 1.23. The number of rotatable bonds is 10. The first-order valence-corrected chi connectivity index (χ1v) is 12.4. The molecule has 0 saturated heterocycles. The van der Waals surface area contributed by atoms with Gasteiger partial charge in [-0.1, -0.05) is 68.8 Å². The van der Waals surface area contributed by atoms with Gasteiger partial charge < -0.3 is 20.5 Å². The lowest BCUT2D eigenvalue weighted by molar-refractivity contribution is -0.145. The van der Waals surface area contributed by atoms with E-state index in [-0.39, 0.29) is 37.4 Å². The molecule has 0 bridgehead atoms. The number of carboxylic acids is 1. The summed E-state index contributed by atoms with van der Waals surface area (Å²) < 4.78 is 5.55. The second-order valence-electron chi connectivity index (χ2n) is 10.2. The lowest BCUT2D eigenvalue weighted by Gasteiger charge is -2.32. The van der Waals surface area contributed by atoms with E-state index in [2.05, 4.69) is 34.9 Å². The Hall–Kier alpha value is -3.35. The van der Waals surface area contributed by atoms with Crippen LogP contribution in [0.1, 0.15) is 56.6 Å². The summed E-state index contributed by atoms with van der Waals surface area (Å²) >= 11 is 0. The number of amides is 2. The molecule has 0 aromatic heterocycles. The summed E-state index contributed by atoms with van der Waals surface area (Å²) in [6.45, 7) is 4.24. The summed E-state index contributed by atoms with van der Waals surface area (Å²) in [4.78, 5) is 36.6. The Labute approximate surface area is 206 Å². The normalized spacial score (nSPS) is 15.9. The molecule has 0 aliphatic heterocycles. The monoisotopic (exact) mass is 478 g/mol. The molecular formula is C28H34N2O5. The molecule has 2 aromatic carbocycles. The number of carboxylic acid groups (broad SMARTS) is 1. The minimum Gasteiger partial charge on any atom is -0.481 e. The second-order valence-corrected chi connectivity index (χ2v) is 10.2. The van der Waals surface area contributed by atoms with E-state index in [4.69, 9.17) is 4.74 Å². The third kappa shape index (κ3) is 5.50. The fourth-order valence-electron chi connectivity index (χ4n) is 4.98. The van der Waals surface area contributed by atoms with E-state index in [1.54, 1.807) is 13.8 Å². The molecule has 35 heavy (non-hydrogen) atoms. The van der Waals surface area contributed by atoms with Crippen molar-refractivity contribution in [1.29, 1.82) is 0 Å². The summed E-state index contributed by atoms with van der Waals surface area (Å²) in [5, 5.41) is 15.0. The van der Waals surface area contributed by atoms with Crippen molar-refractivity contribution in [1.82, 2.24) is 10.6 Å². The number of ether oxygens (including phenoxy) is 1. The molecule has 2 amide bonds. The van der Waals surface area contributed by atoms with E-state index in [0.717, 1.165) is 30.4 Å². The number of carbonyl (C=O) groups excluding carboxylic acids is 2. The van der Waals surface area contributed by atoms with Crippen LogP contribution in [0.2, 0.25) is 0 Å². The number of hydrogen-bond donors (Lipinski definition) is 3. The summed E-state index contributed by atoms with van der Waals surface area (Å²) in [7, 11) is 0. The third-order valence-corrected chi connectivity index (χ3v) is 7.50. The van der Waals surface area contributed by atoms with E-state index in [1.165, 1.54) is 11.1 Å². The average molecular weight is 479 g/mol. The van der Waals surface area contributed by atoms with Gasteiger partial charge in [-0.05, 0) is 47.4 Å². The first-order chi connectivity index (χ1) is 16.8. The van der Waals surface area contributed by atoms with Crippen LogP contribution in [-0.4, -0.2) is 42.8 Å². The van der Waals surface area contributed by atoms with E-state index >= 15 is 0 Å². The van der Waals surface area contributed by atoms with Gasteiger partial charge in [0, 0.05) is 24.4 Å². The Morgan fingerprint density at radius 1 is 1.00 bits per heavy atom. The van der Waals surface area contributed by atoms with Gasteiger partial charge in [0.05, 0.1) is 5.92 Å². The number of carbonyl (C=O) groups is 3. The second kappa shape index (κ2) is 10.5. The van der Waals surface area contributed by atoms with Crippen molar-refractivity contribution in [2.75, 3.05) is 19.7 Å². The topological polar surface area (TPSA) is 105 Å². The minimum atomic E-state index is -0.857. The fraction of sp³-hybridized carbons (Fsp3) is 0.464. The van der Waals surface area contributed by atoms with Crippen LogP contribution in [0.5, 0.6) is 0 Å². The molecule has 3 N–H and O–H groups in total. The van der Waals surface area contributed by atoms with Gasteiger partial charge in [0.2, 0.25) is 5.91 Å². The van der Waals surface area contributed by atoms with Gasteiger partial charge in [0.1, 0.15) is 6.61 Å². The Kier molecular flexibility index (Phi) is 7.43. The molecule has 0 radical (unpaired) electrons. The predicted octanol–water partition coefficient (Wildman–Crippen LogP) is 4.56. The highest BCUT2D eigenvalue weighted by Gasteiger charge is 2.35. The number of alkyl carbamates (subject to hydrolysis) is 1. The van der Waals surface area contributed by atoms with Crippen LogP contribution in [0.15, 0.2) is 48.5 Å². The molecule has 1 unspecified atom stereocenters. The minimum absolute atomic E-state index is 0.00628. The van der Waals surface area contributed by atoms with Crippen LogP contribution in [0.4, 0.5) is 4.79 Å². The van der Waals surface area contributed by atoms with E-state index in [0.29, 0.717) is 6.42 Å². The lowest BCUT2D eigenvalue weighted by atomic mass is 9.75. The Morgan fingerprint density at radius 3 is 2.14 bits per heavy atom. The van der Waals surface area contributed by atoms with Crippen molar-refractivity contribution in [2.45, 2.75) is 45.4 Å². The summed E-state index contributed by atoms with van der Waals surface area (Å²) in [5.74, 6) is -1.47. The maximum absolute atomic E-state index is 12.7. The quantitative estimate of drug-likeness (QED) is 0.464. The number of fused-ring (bicyclic) bond motifs is 3. The van der Waals surface area contributed by atoms with Crippen molar-refractivity contribution in [3.63, 3.8) is 0 Å². The van der Waals surface area contributed by atoms with Crippen LogP contribution in [0, 0.1) is 17.3 Å². The Bertz CT molecular complexity index is 1050. The predicted molar refractivity (Wildman–Crippen MR) is 133 cm³/mol. The zero-order valence-electron chi connectivity index (χ0n) is 20.4. The molecular weight excluding hydrogens is 444 g/mol. The van der Waals surface area contributed by atoms with Gasteiger partial charge in [-0.2, -0.15) is 0 Å². The Morgan fingerprint density at radius 2 is 1.60 bits per heavy atom. The van der Waals surface area contributed by atoms with Crippen molar-refractivity contribution in [2.24, 2.45) is 17.3 Å². The van der Waals surface area contributed by atoms with Crippen molar-refractivity contribution >= 4 is 18.0 Å². The van der Waals surface area contributed by atoms with E-state index in [1.807, 2.05) is 24.3 Å². The third-order valence-electron chi connectivity index (χ3n) is 7.50. The highest BCUT2D eigenvalue weighted by Crippen LogP contribution is 2.44. The van der Waals surface area contributed by atoms with Crippen molar-refractivity contribution in [3.8, 4) is 11.1 Å². The van der Waals surface area contributed by atoms with Gasteiger partial charge in [0.15, 0.2) is 0 Å². The molecule has 1 saturated carbocycles. The smallest absolute Gasteiger partial charge is 0.407 e. The lowest BCUT2D eigenvalue weighted by Crippen LogP contribution is -2.44. The number of benzene rings is 2. The standard InChI is InChI=1S/C28H34N2O5/c1-28(2,26(33)30-16-23(25(31)32)18-8-7-9-18)14-15-29-27(34)35-17-24-21-12-5-3-10-19(21)20-11-4-6-13-22(20)24/h3-6,10-13,18,23-24H,7-9,14-17H2,1-2H3,(H,29,34)(H,30,33)(H,31,32). The molecule has 2 aliphatic rings. The van der Waals surface area contributed by atoms with Crippen LogP contribution in [-0.2, 0) is 14.3 Å². The maximum atomic E-state index is 12.7. The molecule has 1 atom stereocenters. The molecule has 4 rings (SSSR count). The zero-order valence-corrected chi connectivity index (χ0v) is 20.4. The molecule has 2 aliphatic carbocycles. The van der Waals surface area contributed by atoms with Gasteiger partial charge >= 0.3 is 12.1 Å².